The number of nitrogens with one attached hydrogen (secondary N) is 1. The van der Waals surface area contributed by atoms with Crippen LogP contribution in [0.3, 0.4) is 0 Å². The van der Waals surface area contributed by atoms with E-state index in [9.17, 15) is 18.0 Å². The SMILES string of the molecule is CCC(C)NC(=O)C(Cc1ccccc1)N(Cc1cccc(Br)c1)C(=O)CN(c1ccc(I)cc1)S(C)(=O)=O. The lowest BCUT2D eigenvalue weighted by molar-refractivity contribution is -0.140. The third-order valence-electron chi connectivity index (χ3n) is 6.31. The minimum Gasteiger partial charge on any atom is -0.352 e. The second-order valence-electron chi connectivity index (χ2n) is 9.42. The Balaban J connectivity index is 2.05. The Labute approximate surface area is 253 Å². The molecule has 0 radical (unpaired) electrons. The summed E-state index contributed by atoms with van der Waals surface area (Å²) in [7, 11) is -3.79. The third kappa shape index (κ3) is 9.32. The first-order valence-electron chi connectivity index (χ1n) is 12.6. The van der Waals surface area contributed by atoms with E-state index in [1.165, 1.54) is 4.90 Å². The average Bonchev–Trinajstić information content (AvgIpc) is 2.89. The van der Waals surface area contributed by atoms with Gasteiger partial charge in [-0.3, -0.25) is 13.9 Å². The maximum atomic E-state index is 14.0. The Morgan fingerprint density at radius 2 is 1.62 bits per heavy atom. The fourth-order valence-corrected chi connectivity index (χ4v) is 5.70. The second-order valence-corrected chi connectivity index (χ2v) is 13.5. The molecule has 2 unspecified atom stereocenters. The topological polar surface area (TPSA) is 86.8 Å². The summed E-state index contributed by atoms with van der Waals surface area (Å²) in [5.74, 6) is -0.754. The van der Waals surface area contributed by atoms with Crippen LogP contribution in [-0.4, -0.2) is 50.0 Å². The van der Waals surface area contributed by atoms with Gasteiger partial charge in [0.25, 0.3) is 0 Å². The van der Waals surface area contributed by atoms with Crippen molar-refractivity contribution in [1.82, 2.24) is 10.2 Å². The molecule has 0 fully saturated rings. The van der Waals surface area contributed by atoms with Crippen molar-refractivity contribution in [3.05, 3.63) is 98.0 Å². The van der Waals surface area contributed by atoms with Crippen LogP contribution in [0.5, 0.6) is 0 Å². The van der Waals surface area contributed by atoms with Gasteiger partial charge in [-0.25, -0.2) is 8.42 Å². The van der Waals surface area contributed by atoms with Gasteiger partial charge in [-0.2, -0.15) is 0 Å². The maximum absolute atomic E-state index is 14.0. The number of halogens is 2. The van der Waals surface area contributed by atoms with Crippen molar-refractivity contribution < 1.29 is 18.0 Å². The fourth-order valence-electron chi connectivity index (χ4n) is 4.05. The molecule has 0 saturated heterocycles. The molecule has 0 aliphatic heterocycles. The minimum absolute atomic E-state index is 0.0853. The molecule has 2 amide bonds. The zero-order valence-corrected chi connectivity index (χ0v) is 26.7. The Morgan fingerprint density at radius 1 is 0.974 bits per heavy atom. The van der Waals surface area contributed by atoms with Crippen molar-refractivity contribution in [1.29, 1.82) is 0 Å². The van der Waals surface area contributed by atoms with E-state index in [1.54, 1.807) is 24.3 Å². The zero-order chi connectivity index (χ0) is 28.6. The molecule has 208 valence electrons. The lowest BCUT2D eigenvalue weighted by Crippen LogP contribution is -2.54. The van der Waals surface area contributed by atoms with E-state index in [0.717, 1.165) is 36.2 Å². The first kappa shape index (κ1) is 31.1. The Hall–Kier alpha value is -2.44. The number of carbonyl (C=O) groups excluding carboxylic acids is 2. The second kappa shape index (κ2) is 14.3. The van der Waals surface area contributed by atoms with Gasteiger partial charge in [0.1, 0.15) is 12.6 Å². The number of carbonyl (C=O) groups is 2. The molecule has 1 N–H and O–H groups in total. The van der Waals surface area contributed by atoms with Crippen LogP contribution in [0.2, 0.25) is 0 Å². The van der Waals surface area contributed by atoms with E-state index >= 15 is 0 Å². The quantitative estimate of drug-likeness (QED) is 0.255. The molecule has 3 aromatic carbocycles. The molecule has 0 spiro atoms. The van der Waals surface area contributed by atoms with E-state index in [1.807, 2.05) is 68.4 Å². The lowest BCUT2D eigenvalue weighted by Gasteiger charge is -2.34. The van der Waals surface area contributed by atoms with Crippen LogP contribution in [0.4, 0.5) is 5.69 Å². The first-order chi connectivity index (χ1) is 18.5. The molecule has 0 aromatic heterocycles. The highest BCUT2D eigenvalue weighted by atomic mass is 127. The van der Waals surface area contributed by atoms with Crippen molar-refractivity contribution in [3.8, 4) is 0 Å². The highest BCUT2D eigenvalue weighted by Crippen LogP contribution is 2.22. The summed E-state index contributed by atoms with van der Waals surface area (Å²) in [6, 6.07) is 23.0. The van der Waals surface area contributed by atoms with E-state index in [-0.39, 0.29) is 24.9 Å². The van der Waals surface area contributed by atoms with Gasteiger partial charge in [0.05, 0.1) is 11.9 Å². The molecule has 7 nitrogen and oxygen atoms in total. The van der Waals surface area contributed by atoms with Crippen LogP contribution < -0.4 is 9.62 Å². The summed E-state index contributed by atoms with van der Waals surface area (Å²) >= 11 is 5.62. The molecule has 0 saturated carbocycles. The van der Waals surface area contributed by atoms with Gasteiger partial charge in [0.15, 0.2) is 0 Å². The normalized spacial score (nSPS) is 12.8. The van der Waals surface area contributed by atoms with Crippen LogP contribution >= 0.6 is 38.5 Å². The van der Waals surface area contributed by atoms with Crippen LogP contribution in [0.1, 0.15) is 31.4 Å². The molecule has 10 heteroatoms. The summed E-state index contributed by atoms with van der Waals surface area (Å²) in [4.78, 5) is 29.2. The van der Waals surface area contributed by atoms with Gasteiger partial charge in [-0.15, -0.1) is 0 Å². The predicted octanol–water partition coefficient (Wildman–Crippen LogP) is 5.37. The van der Waals surface area contributed by atoms with Crippen molar-refractivity contribution in [2.24, 2.45) is 0 Å². The summed E-state index contributed by atoms with van der Waals surface area (Å²) in [5, 5.41) is 3.03. The maximum Gasteiger partial charge on any atom is 0.244 e. The highest BCUT2D eigenvalue weighted by molar-refractivity contribution is 14.1. The van der Waals surface area contributed by atoms with Crippen LogP contribution in [0, 0.1) is 3.57 Å². The minimum atomic E-state index is -3.79. The van der Waals surface area contributed by atoms with Crippen molar-refractivity contribution >= 4 is 66.0 Å². The molecule has 2 atom stereocenters. The van der Waals surface area contributed by atoms with Crippen LogP contribution in [-0.2, 0) is 32.6 Å². The van der Waals surface area contributed by atoms with E-state index in [0.29, 0.717) is 5.69 Å². The Bertz CT molecular complexity index is 1370. The van der Waals surface area contributed by atoms with Gasteiger partial charge < -0.3 is 10.2 Å². The van der Waals surface area contributed by atoms with Gasteiger partial charge >= 0.3 is 0 Å². The van der Waals surface area contributed by atoms with E-state index < -0.39 is 28.5 Å². The molecule has 0 heterocycles. The van der Waals surface area contributed by atoms with Gasteiger partial charge in [-0.05, 0) is 83.5 Å². The highest BCUT2D eigenvalue weighted by Gasteiger charge is 2.33. The predicted molar refractivity (Wildman–Crippen MR) is 168 cm³/mol. The number of sulfonamides is 1. The molecule has 3 rings (SSSR count). The smallest absolute Gasteiger partial charge is 0.244 e. The zero-order valence-electron chi connectivity index (χ0n) is 22.2. The molecule has 0 aliphatic rings. The van der Waals surface area contributed by atoms with Crippen molar-refractivity contribution in [3.63, 3.8) is 0 Å². The largest absolute Gasteiger partial charge is 0.352 e. The number of anilines is 1. The van der Waals surface area contributed by atoms with Crippen molar-refractivity contribution in [2.75, 3.05) is 17.1 Å². The number of rotatable bonds is 12. The molecule has 39 heavy (non-hydrogen) atoms. The monoisotopic (exact) mass is 725 g/mol. The number of amides is 2. The number of benzene rings is 3. The molecular formula is C29H33BrIN3O4S. The Kier molecular flexibility index (Phi) is 11.4. The van der Waals surface area contributed by atoms with Gasteiger partial charge in [0.2, 0.25) is 21.8 Å². The molecule has 3 aromatic rings. The van der Waals surface area contributed by atoms with E-state index in [2.05, 4.69) is 43.8 Å². The number of hydrogen-bond acceptors (Lipinski definition) is 4. The van der Waals surface area contributed by atoms with Gasteiger partial charge in [-0.1, -0.05) is 65.3 Å². The summed E-state index contributed by atoms with van der Waals surface area (Å²) in [6.07, 6.45) is 2.09. The molecule has 0 bridgehead atoms. The van der Waals surface area contributed by atoms with E-state index in [4.69, 9.17) is 0 Å². The molecule has 0 aliphatic carbocycles. The third-order valence-corrected chi connectivity index (χ3v) is 8.66. The Morgan fingerprint density at radius 3 is 2.21 bits per heavy atom. The van der Waals surface area contributed by atoms with Crippen LogP contribution in [0.15, 0.2) is 83.3 Å². The summed E-state index contributed by atoms with van der Waals surface area (Å²) in [6.45, 7) is 3.59. The summed E-state index contributed by atoms with van der Waals surface area (Å²) < 4.78 is 28.5. The fraction of sp³-hybridized carbons (Fsp3) is 0.310. The lowest BCUT2D eigenvalue weighted by atomic mass is 10.0. The first-order valence-corrected chi connectivity index (χ1v) is 16.3. The molecular weight excluding hydrogens is 693 g/mol. The summed E-state index contributed by atoms with van der Waals surface area (Å²) in [5.41, 5.74) is 2.09. The number of hydrogen-bond donors (Lipinski definition) is 1. The van der Waals surface area contributed by atoms with Crippen LogP contribution in [0.25, 0.3) is 0 Å². The average molecular weight is 726 g/mol. The van der Waals surface area contributed by atoms with Crippen molar-refractivity contribution in [2.45, 2.75) is 45.3 Å². The van der Waals surface area contributed by atoms with Gasteiger partial charge in [0, 0.05) is 27.1 Å². The standard InChI is InChI=1S/C29H33BrIN3O4S/c1-4-21(2)32-29(36)27(18-22-9-6-5-7-10-22)33(19-23-11-8-12-24(30)17-23)28(35)20-34(39(3,37)38)26-15-13-25(31)14-16-26/h5-17,21,27H,4,18-20H2,1-3H3,(H,32,36). The number of nitrogens with zero attached hydrogens (tertiary/aromatic N) is 2.